The summed E-state index contributed by atoms with van der Waals surface area (Å²) in [4.78, 5) is 0. The molecule has 1 aromatic rings. The molecule has 0 saturated carbocycles. The van der Waals surface area contributed by atoms with E-state index in [0.717, 1.165) is 0 Å². The zero-order chi connectivity index (χ0) is 10.1. The number of rotatable bonds is 1. The summed E-state index contributed by atoms with van der Waals surface area (Å²) in [7, 11) is 0. The second-order valence-electron chi connectivity index (χ2n) is 4.68. The molecular weight excluding hydrogens is 340 g/mol. The zero-order valence-corrected chi connectivity index (χ0v) is 12.4. The molecule has 1 aromatic carbocycles. The summed E-state index contributed by atoms with van der Waals surface area (Å²) in [6.07, 6.45) is 0. The first-order chi connectivity index (χ1) is 5.91. The normalized spacial score (nSPS) is 13.2. The molecule has 1 heteroatoms. The van der Waals surface area contributed by atoms with Gasteiger partial charge in [0, 0.05) is 0 Å². The van der Waals surface area contributed by atoms with Crippen molar-refractivity contribution in [2.45, 2.75) is 39.0 Å². The van der Waals surface area contributed by atoms with Crippen molar-refractivity contribution >= 4 is 0 Å². The van der Waals surface area contributed by atoms with Gasteiger partial charge >= 0.3 is 21.1 Å². The molecule has 0 N–H and O–H groups in total. The summed E-state index contributed by atoms with van der Waals surface area (Å²) in [5, 5.41) is 0. The van der Waals surface area contributed by atoms with Gasteiger partial charge in [-0.25, -0.2) is 0 Å². The van der Waals surface area contributed by atoms with Crippen LogP contribution in [0.3, 0.4) is 0 Å². The third-order valence-corrected chi connectivity index (χ3v) is 2.22. The fourth-order valence-electron chi connectivity index (χ4n) is 1.24. The topological polar surface area (TPSA) is 0 Å². The maximum atomic E-state index is 4.00. The minimum Gasteiger partial charge on any atom is -0.338 e. The van der Waals surface area contributed by atoms with Gasteiger partial charge in [-0.05, 0) is 5.41 Å². The maximum Gasteiger partial charge on any atom is 2.00 e. The van der Waals surface area contributed by atoms with E-state index in [1.54, 1.807) is 0 Å². The first kappa shape index (κ1) is 13.9. The molecule has 0 saturated heterocycles. The van der Waals surface area contributed by atoms with Crippen LogP contribution >= 0.6 is 0 Å². The van der Waals surface area contributed by atoms with Crippen molar-refractivity contribution in [1.82, 2.24) is 0 Å². The van der Waals surface area contributed by atoms with E-state index >= 15 is 0 Å². The van der Waals surface area contributed by atoms with Crippen LogP contribution in [0.2, 0.25) is 0 Å². The van der Waals surface area contributed by atoms with Crippen LogP contribution < -0.4 is 0 Å². The van der Waals surface area contributed by atoms with Crippen LogP contribution in [-0.2, 0) is 26.5 Å². The Hall–Kier alpha value is -0.0917. The molecule has 0 bridgehead atoms. The molecule has 1 rings (SSSR count). The molecule has 76 valence electrons. The van der Waals surface area contributed by atoms with Crippen LogP contribution in [0, 0.1) is 13.0 Å². The number of hydrogen-bond donors (Lipinski definition) is 0. The standard InChI is InChI=1S/C13H18.W/c1-10(2)11-7-6-8-12(9-11)13(3,4)5;/h6,8-10H,1H2,2-5H3;/q-2;+2. The van der Waals surface area contributed by atoms with Gasteiger partial charge in [-0.1, -0.05) is 27.7 Å². The van der Waals surface area contributed by atoms with Gasteiger partial charge in [0.15, 0.2) is 0 Å². The second kappa shape index (κ2) is 5.12. The molecule has 1 unspecified atom stereocenters. The monoisotopic (exact) mass is 358 g/mol. The van der Waals surface area contributed by atoms with Crippen LogP contribution in [0.5, 0.6) is 0 Å². The van der Waals surface area contributed by atoms with Crippen LogP contribution in [0.4, 0.5) is 0 Å². The average Bonchev–Trinajstić information content (AvgIpc) is 2.03. The number of benzene rings is 1. The van der Waals surface area contributed by atoms with Gasteiger partial charge in [-0.3, -0.25) is 0 Å². The van der Waals surface area contributed by atoms with Crippen molar-refractivity contribution in [3.8, 4) is 0 Å². The Kier molecular flexibility index (Phi) is 5.09. The van der Waals surface area contributed by atoms with Crippen molar-refractivity contribution in [1.29, 1.82) is 0 Å². The van der Waals surface area contributed by atoms with Gasteiger partial charge < -0.3 is 6.92 Å². The van der Waals surface area contributed by atoms with Gasteiger partial charge in [-0.15, -0.1) is 0 Å². The molecular formula is C13H18W. The third-order valence-electron chi connectivity index (χ3n) is 2.22. The molecule has 14 heavy (non-hydrogen) atoms. The molecule has 0 aliphatic carbocycles. The molecule has 0 aliphatic rings. The minimum atomic E-state index is 0. The first-order valence-electron chi connectivity index (χ1n) is 4.76. The van der Waals surface area contributed by atoms with E-state index in [2.05, 4.69) is 52.8 Å². The predicted molar refractivity (Wildman–Crippen MR) is 57.8 cm³/mol. The summed E-state index contributed by atoms with van der Waals surface area (Å²) < 4.78 is 0. The largest absolute Gasteiger partial charge is 2.00 e. The maximum absolute atomic E-state index is 4.00. The van der Waals surface area contributed by atoms with Crippen molar-refractivity contribution < 1.29 is 21.1 Å². The summed E-state index contributed by atoms with van der Waals surface area (Å²) in [5.41, 5.74) is 2.78. The van der Waals surface area contributed by atoms with E-state index in [4.69, 9.17) is 0 Å². The van der Waals surface area contributed by atoms with Gasteiger partial charge in [0.05, 0.1) is 0 Å². The summed E-state index contributed by atoms with van der Waals surface area (Å²) >= 11 is 0. The predicted octanol–water partition coefficient (Wildman–Crippen LogP) is 3.72. The molecule has 0 spiro atoms. The van der Waals surface area contributed by atoms with Crippen molar-refractivity contribution in [2.24, 2.45) is 0 Å². The van der Waals surface area contributed by atoms with Crippen LogP contribution in [0.25, 0.3) is 0 Å². The quantitative estimate of drug-likeness (QED) is 0.672. The van der Waals surface area contributed by atoms with Crippen molar-refractivity contribution in [3.63, 3.8) is 0 Å². The summed E-state index contributed by atoms with van der Waals surface area (Å²) in [6.45, 7) is 12.8. The van der Waals surface area contributed by atoms with Crippen molar-refractivity contribution in [3.05, 3.63) is 42.3 Å². The van der Waals surface area contributed by atoms with Crippen LogP contribution in [0.15, 0.2) is 18.2 Å². The van der Waals surface area contributed by atoms with E-state index < -0.39 is 0 Å². The second-order valence-corrected chi connectivity index (χ2v) is 4.68. The van der Waals surface area contributed by atoms with Gasteiger partial charge in [-0.2, -0.15) is 41.3 Å². The smallest absolute Gasteiger partial charge is 0.338 e. The fourth-order valence-corrected chi connectivity index (χ4v) is 1.24. The first-order valence-corrected chi connectivity index (χ1v) is 4.76. The van der Waals surface area contributed by atoms with E-state index in [-0.39, 0.29) is 26.5 Å². The molecule has 0 aromatic heterocycles. The van der Waals surface area contributed by atoms with Gasteiger partial charge in [0.1, 0.15) is 0 Å². The van der Waals surface area contributed by atoms with E-state index in [1.165, 1.54) is 11.1 Å². The average molecular weight is 358 g/mol. The Balaban J connectivity index is 0.00000169. The van der Waals surface area contributed by atoms with Gasteiger partial charge in [0.2, 0.25) is 0 Å². The summed E-state index contributed by atoms with van der Waals surface area (Å²) in [6, 6.07) is 9.55. The Morgan fingerprint density at radius 3 is 2.36 bits per heavy atom. The van der Waals surface area contributed by atoms with Gasteiger partial charge in [0.25, 0.3) is 0 Å². The fraction of sp³-hybridized carbons (Fsp3) is 0.462. The van der Waals surface area contributed by atoms with Crippen molar-refractivity contribution in [2.75, 3.05) is 0 Å². The van der Waals surface area contributed by atoms with E-state index in [9.17, 15) is 0 Å². The third kappa shape index (κ3) is 3.58. The number of hydrogen-bond acceptors (Lipinski definition) is 0. The van der Waals surface area contributed by atoms with Crippen LogP contribution in [0.1, 0.15) is 44.7 Å². The van der Waals surface area contributed by atoms with E-state index in [1.807, 2.05) is 6.07 Å². The SMILES string of the molecule is [CH2-]C(C)c1[c-]ccc(C(C)(C)C)c1.[W+2]. The molecule has 0 amide bonds. The molecule has 0 heterocycles. The minimum absolute atomic E-state index is 0. The van der Waals surface area contributed by atoms with E-state index in [0.29, 0.717) is 5.92 Å². The molecule has 0 fully saturated rings. The molecule has 0 nitrogen and oxygen atoms in total. The Bertz CT molecular complexity index is 282. The Labute approximate surface area is 102 Å². The molecule has 0 aliphatic heterocycles. The molecule has 1 atom stereocenters. The van der Waals surface area contributed by atoms with Crippen LogP contribution in [-0.4, -0.2) is 0 Å². The zero-order valence-electron chi connectivity index (χ0n) is 9.42. The Morgan fingerprint density at radius 1 is 1.36 bits per heavy atom. The molecule has 0 radical (unpaired) electrons. The Morgan fingerprint density at radius 2 is 1.93 bits per heavy atom. The summed E-state index contributed by atoms with van der Waals surface area (Å²) in [5.74, 6) is 0.322.